The minimum atomic E-state index is -0.372. The minimum Gasteiger partial charge on any atom is -0.497 e. The number of aryl methyl sites for hydroxylation is 1. The van der Waals surface area contributed by atoms with Crippen LogP contribution in [0.15, 0.2) is 57.8 Å². The summed E-state index contributed by atoms with van der Waals surface area (Å²) in [6, 6.07) is 14.4. The molecule has 0 aliphatic carbocycles. The third-order valence-electron chi connectivity index (χ3n) is 5.22. The van der Waals surface area contributed by atoms with Crippen LogP contribution in [0.4, 0.5) is 0 Å². The Hall–Kier alpha value is -3.85. The summed E-state index contributed by atoms with van der Waals surface area (Å²) in [6.07, 6.45) is 0. The zero-order chi connectivity index (χ0) is 23.5. The number of hydrogen-bond acceptors (Lipinski definition) is 6. The highest BCUT2D eigenvalue weighted by molar-refractivity contribution is 6.33. The van der Waals surface area contributed by atoms with Crippen molar-refractivity contribution in [1.82, 2.24) is 24.8 Å². The zero-order valence-electron chi connectivity index (χ0n) is 18.3. The second-order valence-electron chi connectivity index (χ2n) is 7.31. The molecule has 0 saturated heterocycles. The van der Waals surface area contributed by atoms with Gasteiger partial charge in [-0.2, -0.15) is 0 Å². The summed E-state index contributed by atoms with van der Waals surface area (Å²) in [5.74, 6) is 1.23. The van der Waals surface area contributed by atoms with E-state index in [1.54, 1.807) is 57.5 Å². The Labute approximate surface area is 194 Å². The molecule has 0 radical (unpaired) electrons. The first kappa shape index (κ1) is 22.3. The van der Waals surface area contributed by atoms with E-state index >= 15 is 0 Å². The molecule has 1 N–H and O–H groups in total. The van der Waals surface area contributed by atoms with Gasteiger partial charge < -0.3 is 14.6 Å². The first-order chi connectivity index (χ1) is 15.9. The fourth-order valence-electron chi connectivity index (χ4n) is 3.47. The Morgan fingerprint density at radius 1 is 1.18 bits per heavy atom. The second-order valence-corrected chi connectivity index (χ2v) is 7.72. The highest BCUT2D eigenvalue weighted by Crippen LogP contribution is 2.30. The largest absolute Gasteiger partial charge is 0.497 e. The molecule has 0 aliphatic rings. The van der Waals surface area contributed by atoms with Crippen molar-refractivity contribution in [2.24, 2.45) is 7.05 Å². The van der Waals surface area contributed by atoms with Crippen molar-refractivity contribution in [3.8, 4) is 28.4 Å². The van der Waals surface area contributed by atoms with E-state index in [0.717, 1.165) is 5.56 Å². The predicted octanol–water partition coefficient (Wildman–Crippen LogP) is 3.30. The number of carbonyl (C=O) groups is 1. The predicted molar refractivity (Wildman–Crippen MR) is 123 cm³/mol. The Morgan fingerprint density at radius 2 is 1.91 bits per heavy atom. The maximum Gasteiger partial charge on any atom is 0.345 e. The summed E-state index contributed by atoms with van der Waals surface area (Å²) in [5.41, 5.74) is 1.77. The number of hydrogen-bond donors (Lipinski definition) is 1. The van der Waals surface area contributed by atoms with Gasteiger partial charge >= 0.3 is 5.69 Å². The van der Waals surface area contributed by atoms with Crippen molar-refractivity contribution < 1.29 is 14.1 Å². The number of methoxy groups -OCH3 is 1. The smallest absolute Gasteiger partial charge is 0.345 e. The first-order valence-electron chi connectivity index (χ1n) is 10.2. The van der Waals surface area contributed by atoms with E-state index in [2.05, 4.69) is 15.6 Å². The monoisotopic (exact) mass is 467 g/mol. The summed E-state index contributed by atoms with van der Waals surface area (Å²) >= 11 is 6.26. The van der Waals surface area contributed by atoms with Gasteiger partial charge in [0.05, 0.1) is 18.7 Å². The fraction of sp³-hybridized carbons (Fsp3) is 0.217. The normalized spacial score (nSPS) is 10.9. The van der Waals surface area contributed by atoms with Crippen LogP contribution >= 0.6 is 11.6 Å². The van der Waals surface area contributed by atoms with Crippen molar-refractivity contribution in [1.29, 1.82) is 0 Å². The molecule has 0 aliphatic heterocycles. The van der Waals surface area contributed by atoms with E-state index in [4.69, 9.17) is 20.9 Å². The number of halogens is 1. The van der Waals surface area contributed by atoms with Crippen LogP contribution in [0, 0.1) is 6.92 Å². The third-order valence-corrected chi connectivity index (χ3v) is 5.55. The highest BCUT2D eigenvalue weighted by Gasteiger charge is 2.23. The number of nitrogens with one attached hydrogen (secondary N) is 1. The van der Waals surface area contributed by atoms with Crippen LogP contribution in [0.3, 0.4) is 0 Å². The van der Waals surface area contributed by atoms with Gasteiger partial charge in [-0.15, -0.1) is 5.10 Å². The number of nitrogens with zero attached hydrogens (tertiary/aromatic N) is 4. The molecule has 4 aromatic rings. The molecule has 0 spiro atoms. The number of benzene rings is 2. The topological polar surface area (TPSA) is 104 Å². The average Bonchev–Trinajstić information content (AvgIpc) is 3.34. The Morgan fingerprint density at radius 3 is 2.61 bits per heavy atom. The van der Waals surface area contributed by atoms with E-state index in [1.165, 1.54) is 9.25 Å². The summed E-state index contributed by atoms with van der Waals surface area (Å²) in [6.45, 7) is 2.04. The lowest BCUT2D eigenvalue weighted by molar-refractivity contribution is 0.0951. The van der Waals surface area contributed by atoms with Crippen LogP contribution in [0.1, 0.15) is 16.1 Å². The van der Waals surface area contributed by atoms with Gasteiger partial charge in [0.25, 0.3) is 5.91 Å². The maximum atomic E-state index is 12.9. The zero-order valence-corrected chi connectivity index (χ0v) is 19.1. The van der Waals surface area contributed by atoms with Crippen molar-refractivity contribution in [2.75, 3.05) is 13.7 Å². The van der Waals surface area contributed by atoms with Crippen molar-refractivity contribution in [3.63, 3.8) is 0 Å². The van der Waals surface area contributed by atoms with Crippen LogP contribution in [0.2, 0.25) is 5.02 Å². The maximum absolute atomic E-state index is 12.9. The van der Waals surface area contributed by atoms with Crippen LogP contribution in [-0.2, 0) is 13.6 Å². The van der Waals surface area contributed by atoms with Gasteiger partial charge in [0, 0.05) is 24.7 Å². The second kappa shape index (κ2) is 9.33. The van der Waals surface area contributed by atoms with Gasteiger partial charge in [-0.25, -0.2) is 9.48 Å². The van der Waals surface area contributed by atoms with E-state index in [0.29, 0.717) is 39.2 Å². The van der Waals surface area contributed by atoms with Crippen LogP contribution in [0.25, 0.3) is 22.6 Å². The lowest BCUT2D eigenvalue weighted by atomic mass is 10.1. The summed E-state index contributed by atoms with van der Waals surface area (Å²) in [7, 11) is 3.24. The number of ether oxygens (including phenoxy) is 1. The SMILES string of the molecule is COc1ccc(-c2nn(CCNC(=O)c3c(-c4ccccc4Cl)noc3C)c(=O)n2C)cc1. The van der Waals surface area contributed by atoms with Gasteiger partial charge in [0.15, 0.2) is 5.82 Å². The number of amides is 1. The molecule has 9 nitrogen and oxygen atoms in total. The molecule has 2 aromatic carbocycles. The number of rotatable bonds is 7. The van der Waals surface area contributed by atoms with Crippen molar-refractivity contribution in [2.45, 2.75) is 13.5 Å². The van der Waals surface area contributed by atoms with Gasteiger partial charge in [-0.05, 0) is 37.3 Å². The van der Waals surface area contributed by atoms with Crippen LogP contribution in [-0.4, -0.2) is 39.1 Å². The van der Waals surface area contributed by atoms with E-state index in [1.807, 2.05) is 12.1 Å². The molecule has 170 valence electrons. The molecular formula is C23H22ClN5O4. The lowest BCUT2D eigenvalue weighted by Gasteiger charge is -2.06. The number of carbonyl (C=O) groups excluding carboxylic acids is 1. The molecule has 0 unspecified atom stereocenters. The summed E-state index contributed by atoms with van der Waals surface area (Å²) < 4.78 is 13.2. The molecule has 2 aromatic heterocycles. The van der Waals surface area contributed by atoms with Crippen molar-refractivity contribution in [3.05, 3.63) is 75.4 Å². The first-order valence-corrected chi connectivity index (χ1v) is 10.6. The number of aromatic nitrogens is 4. The fourth-order valence-corrected chi connectivity index (χ4v) is 3.69. The molecule has 1 amide bonds. The summed E-state index contributed by atoms with van der Waals surface area (Å²) in [4.78, 5) is 25.5. The lowest BCUT2D eigenvalue weighted by Crippen LogP contribution is -2.32. The van der Waals surface area contributed by atoms with E-state index < -0.39 is 0 Å². The molecule has 2 heterocycles. The molecule has 4 rings (SSSR count). The molecule has 10 heteroatoms. The van der Waals surface area contributed by atoms with E-state index in [9.17, 15) is 9.59 Å². The van der Waals surface area contributed by atoms with Crippen LogP contribution in [0.5, 0.6) is 5.75 Å². The van der Waals surface area contributed by atoms with Gasteiger partial charge in [-0.3, -0.25) is 9.36 Å². The average molecular weight is 468 g/mol. The van der Waals surface area contributed by atoms with E-state index in [-0.39, 0.29) is 24.7 Å². The van der Waals surface area contributed by atoms with Crippen molar-refractivity contribution >= 4 is 17.5 Å². The molecule has 0 bridgehead atoms. The Bertz CT molecular complexity index is 1350. The Balaban J connectivity index is 1.49. The molecule has 0 atom stereocenters. The summed E-state index contributed by atoms with van der Waals surface area (Å²) in [5, 5.41) is 11.7. The standard InChI is InChI=1S/C23H22ClN5O4/c1-14-19(20(27-33-14)17-6-4-5-7-18(17)24)22(30)25-12-13-29-23(31)28(2)21(26-29)15-8-10-16(32-3)11-9-15/h4-11H,12-13H2,1-3H3,(H,25,30). The highest BCUT2D eigenvalue weighted by atomic mass is 35.5. The quantitative estimate of drug-likeness (QED) is 0.447. The molecular weight excluding hydrogens is 446 g/mol. The van der Waals surface area contributed by atoms with Gasteiger partial charge in [-0.1, -0.05) is 35.0 Å². The third kappa shape index (κ3) is 4.40. The van der Waals surface area contributed by atoms with Gasteiger partial charge in [0.1, 0.15) is 22.8 Å². The Kier molecular flexibility index (Phi) is 6.32. The molecule has 0 saturated carbocycles. The molecule has 0 fully saturated rings. The van der Waals surface area contributed by atoms with Crippen LogP contribution < -0.4 is 15.7 Å². The van der Waals surface area contributed by atoms with Gasteiger partial charge in [0.2, 0.25) is 0 Å². The molecule has 33 heavy (non-hydrogen) atoms. The minimum absolute atomic E-state index is 0.185.